The van der Waals surface area contributed by atoms with E-state index in [2.05, 4.69) is 5.10 Å². The minimum Gasteiger partial charge on any atom is -0.454 e. The molecule has 6 heteroatoms. The summed E-state index contributed by atoms with van der Waals surface area (Å²) in [6, 6.07) is 7.23. The third-order valence-electron chi connectivity index (χ3n) is 4.50. The number of carbonyl (C=O) groups is 1. The summed E-state index contributed by atoms with van der Waals surface area (Å²) in [6.07, 6.45) is 0. The highest BCUT2D eigenvalue weighted by atomic mass is 16.3. The zero-order valence-corrected chi connectivity index (χ0v) is 13.8. The first-order chi connectivity index (χ1) is 11.5. The highest BCUT2D eigenvalue weighted by Crippen LogP contribution is 2.27. The highest BCUT2D eigenvalue weighted by molar-refractivity contribution is 5.94. The summed E-state index contributed by atoms with van der Waals surface area (Å²) in [4.78, 5) is 26.6. The molecule has 1 aliphatic rings. The van der Waals surface area contributed by atoms with E-state index < -0.39 is 0 Å². The van der Waals surface area contributed by atoms with E-state index in [1.165, 1.54) is 0 Å². The first-order valence-electron chi connectivity index (χ1n) is 7.83. The fourth-order valence-corrected chi connectivity index (χ4v) is 3.06. The molecule has 1 aromatic carbocycles. The van der Waals surface area contributed by atoms with Gasteiger partial charge in [-0.25, -0.2) is 0 Å². The van der Waals surface area contributed by atoms with Crippen LogP contribution in [0.2, 0.25) is 0 Å². The molecule has 0 N–H and O–H groups in total. The molecule has 2 aromatic heterocycles. The fraction of sp³-hybridized carbons (Fsp3) is 0.278. The summed E-state index contributed by atoms with van der Waals surface area (Å²) in [5.41, 5.74) is 3.01. The van der Waals surface area contributed by atoms with Crippen LogP contribution in [0.3, 0.4) is 0 Å². The Kier molecular flexibility index (Phi) is 3.09. The number of fused-ring (bicyclic) bond motifs is 2. The molecule has 0 atom stereocenters. The summed E-state index contributed by atoms with van der Waals surface area (Å²) in [5, 5.41) is 5.03. The molecule has 0 aliphatic carbocycles. The molecule has 0 saturated carbocycles. The number of aryl methyl sites for hydroxylation is 1. The minimum atomic E-state index is -0.0728. The summed E-state index contributed by atoms with van der Waals surface area (Å²) in [7, 11) is 1.77. The number of rotatable bonds is 1. The van der Waals surface area contributed by atoms with Gasteiger partial charge < -0.3 is 9.32 Å². The number of benzene rings is 1. The summed E-state index contributed by atoms with van der Waals surface area (Å²) in [5.74, 6) is 0.352. The molecule has 0 unspecified atom stereocenters. The Morgan fingerprint density at radius 3 is 2.71 bits per heavy atom. The summed E-state index contributed by atoms with van der Waals surface area (Å²) < 4.78 is 7.63. The van der Waals surface area contributed by atoms with E-state index in [1.54, 1.807) is 35.7 Å². The average molecular weight is 323 g/mol. The van der Waals surface area contributed by atoms with Crippen LogP contribution in [0.5, 0.6) is 0 Å². The fourth-order valence-electron chi connectivity index (χ4n) is 3.06. The van der Waals surface area contributed by atoms with Gasteiger partial charge in [-0.1, -0.05) is 11.6 Å². The SMILES string of the molecule is Cc1ccc2oc(-c3cc4n(n3)CCN(C)C4=O)c(C)c(=O)c2c1. The normalized spacial score (nSPS) is 14.3. The van der Waals surface area contributed by atoms with E-state index in [4.69, 9.17) is 4.42 Å². The average Bonchev–Trinajstić information content (AvgIpc) is 2.99. The first kappa shape index (κ1) is 14.7. The monoisotopic (exact) mass is 323 g/mol. The lowest BCUT2D eigenvalue weighted by molar-refractivity contribution is 0.0743. The smallest absolute Gasteiger partial charge is 0.271 e. The second-order valence-electron chi connectivity index (χ2n) is 6.25. The maximum atomic E-state index is 12.7. The first-order valence-corrected chi connectivity index (χ1v) is 7.83. The summed E-state index contributed by atoms with van der Waals surface area (Å²) in [6.45, 7) is 4.92. The molecule has 6 nitrogen and oxygen atoms in total. The number of hydrogen-bond acceptors (Lipinski definition) is 4. The maximum absolute atomic E-state index is 12.7. The van der Waals surface area contributed by atoms with Crippen LogP contribution in [0.1, 0.15) is 21.6 Å². The molecule has 0 radical (unpaired) electrons. The van der Waals surface area contributed by atoms with Crippen LogP contribution in [0.15, 0.2) is 33.5 Å². The van der Waals surface area contributed by atoms with E-state index in [-0.39, 0.29) is 11.3 Å². The summed E-state index contributed by atoms with van der Waals surface area (Å²) >= 11 is 0. The Morgan fingerprint density at radius 1 is 1.12 bits per heavy atom. The van der Waals surface area contributed by atoms with Crippen molar-refractivity contribution in [3.05, 3.63) is 51.3 Å². The van der Waals surface area contributed by atoms with Crippen LogP contribution in [-0.4, -0.2) is 34.2 Å². The Labute approximate surface area is 138 Å². The van der Waals surface area contributed by atoms with Gasteiger partial charge in [-0.15, -0.1) is 0 Å². The van der Waals surface area contributed by atoms with Crippen molar-refractivity contribution in [1.29, 1.82) is 0 Å². The second-order valence-corrected chi connectivity index (χ2v) is 6.25. The Balaban J connectivity index is 1.93. The molecule has 0 fully saturated rings. The van der Waals surface area contributed by atoms with Crippen LogP contribution in [0.25, 0.3) is 22.4 Å². The van der Waals surface area contributed by atoms with Crippen LogP contribution in [0.4, 0.5) is 0 Å². The molecule has 3 heterocycles. The molecule has 0 spiro atoms. The van der Waals surface area contributed by atoms with Crippen molar-refractivity contribution >= 4 is 16.9 Å². The number of hydrogen-bond donors (Lipinski definition) is 0. The van der Waals surface area contributed by atoms with Crippen LogP contribution >= 0.6 is 0 Å². The van der Waals surface area contributed by atoms with Gasteiger partial charge in [-0.2, -0.15) is 5.10 Å². The molecule has 1 amide bonds. The number of amides is 1. The van der Waals surface area contributed by atoms with Gasteiger partial charge in [0, 0.05) is 25.2 Å². The number of carbonyl (C=O) groups excluding carboxylic acids is 1. The van der Waals surface area contributed by atoms with Crippen molar-refractivity contribution in [3.8, 4) is 11.5 Å². The quantitative estimate of drug-likeness (QED) is 0.689. The molecular formula is C18H17N3O3. The van der Waals surface area contributed by atoms with Crippen LogP contribution in [0, 0.1) is 13.8 Å². The molecule has 4 rings (SSSR count). The molecular weight excluding hydrogens is 306 g/mol. The van der Waals surface area contributed by atoms with Crippen molar-refractivity contribution in [2.45, 2.75) is 20.4 Å². The molecule has 24 heavy (non-hydrogen) atoms. The molecule has 1 aliphatic heterocycles. The standard InChI is InChI=1S/C18H17N3O3/c1-10-4-5-15-12(8-10)16(22)11(2)17(24-15)13-9-14-18(23)20(3)6-7-21(14)19-13/h4-5,8-9H,6-7H2,1-3H3. The van der Waals surface area contributed by atoms with E-state index in [0.29, 0.717) is 46.8 Å². The zero-order chi connectivity index (χ0) is 17.0. The third-order valence-corrected chi connectivity index (χ3v) is 4.50. The van der Waals surface area contributed by atoms with Crippen LogP contribution in [-0.2, 0) is 6.54 Å². The van der Waals surface area contributed by atoms with E-state index in [1.807, 2.05) is 19.1 Å². The highest BCUT2D eigenvalue weighted by Gasteiger charge is 2.25. The molecule has 0 saturated heterocycles. The van der Waals surface area contributed by atoms with E-state index in [9.17, 15) is 9.59 Å². The van der Waals surface area contributed by atoms with Gasteiger partial charge in [0.25, 0.3) is 5.91 Å². The lowest BCUT2D eigenvalue weighted by Crippen LogP contribution is -2.37. The number of likely N-dealkylation sites (N-methyl/N-ethyl adjacent to an activating group) is 1. The van der Waals surface area contributed by atoms with Crippen molar-refractivity contribution < 1.29 is 9.21 Å². The zero-order valence-electron chi connectivity index (χ0n) is 13.8. The van der Waals surface area contributed by atoms with Crippen LogP contribution < -0.4 is 5.43 Å². The topological polar surface area (TPSA) is 68.3 Å². The predicted molar refractivity (Wildman–Crippen MR) is 90.1 cm³/mol. The van der Waals surface area contributed by atoms with Gasteiger partial charge in [0.1, 0.15) is 17.0 Å². The third kappa shape index (κ3) is 2.06. The van der Waals surface area contributed by atoms with Gasteiger partial charge >= 0.3 is 0 Å². The predicted octanol–water partition coefficient (Wildman–Crippen LogP) is 2.36. The van der Waals surface area contributed by atoms with Crippen molar-refractivity contribution in [3.63, 3.8) is 0 Å². The Hall–Kier alpha value is -2.89. The maximum Gasteiger partial charge on any atom is 0.271 e. The Morgan fingerprint density at radius 2 is 1.92 bits per heavy atom. The number of nitrogens with zero attached hydrogens (tertiary/aromatic N) is 3. The van der Waals surface area contributed by atoms with Gasteiger partial charge in [0.2, 0.25) is 0 Å². The van der Waals surface area contributed by atoms with Gasteiger partial charge in [0.05, 0.1) is 11.9 Å². The van der Waals surface area contributed by atoms with Crippen molar-refractivity contribution in [2.24, 2.45) is 0 Å². The number of aromatic nitrogens is 2. The van der Waals surface area contributed by atoms with Crippen molar-refractivity contribution in [2.75, 3.05) is 13.6 Å². The van der Waals surface area contributed by atoms with Gasteiger partial charge in [0.15, 0.2) is 11.2 Å². The second kappa shape index (κ2) is 5.06. The minimum absolute atomic E-state index is 0.0654. The molecule has 122 valence electrons. The lowest BCUT2D eigenvalue weighted by Gasteiger charge is -2.22. The van der Waals surface area contributed by atoms with Crippen molar-refractivity contribution in [1.82, 2.24) is 14.7 Å². The Bertz CT molecular complexity index is 1050. The largest absolute Gasteiger partial charge is 0.454 e. The van der Waals surface area contributed by atoms with Gasteiger partial charge in [-0.3, -0.25) is 14.3 Å². The van der Waals surface area contributed by atoms with E-state index >= 15 is 0 Å². The molecule has 3 aromatic rings. The molecule has 0 bridgehead atoms. The van der Waals surface area contributed by atoms with Gasteiger partial charge in [-0.05, 0) is 26.0 Å². The lowest BCUT2D eigenvalue weighted by atomic mass is 10.1. The van der Waals surface area contributed by atoms with E-state index in [0.717, 1.165) is 5.56 Å².